The molecule has 0 fully saturated rings. The molecule has 1 unspecified atom stereocenters. The zero-order chi connectivity index (χ0) is 12.8. The van der Waals surface area contributed by atoms with Gasteiger partial charge in [-0.1, -0.05) is 26.1 Å². The lowest BCUT2D eigenvalue weighted by Crippen LogP contribution is -2.35. The van der Waals surface area contributed by atoms with Gasteiger partial charge >= 0.3 is 0 Å². The lowest BCUT2D eigenvalue weighted by atomic mass is 10.1. The van der Waals surface area contributed by atoms with Gasteiger partial charge in [-0.25, -0.2) is 0 Å². The number of nitrogens with two attached hydrogens (primary N) is 1. The SMILES string of the molecule is CCN(CCc1ccnn1C)CC(C)C(N)=S. The van der Waals surface area contributed by atoms with Crippen LogP contribution in [0.25, 0.3) is 0 Å². The fourth-order valence-electron chi connectivity index (χ4n) is 1.77. The van der Waals surface area contributed by atoms with Gasteiger partial charge in [0.05, 0.1) is 4.99 Å². The van der Waals surface area contributed by atoms with Crippen LogP contribution in [0.5, 0.6) is 0 Å². The first-order valence-electron chi connectivity index (χ1n) is 6.03. The van der Waals surface area contributed by atoms with Crippen molar-refractivity contribution in [2.75, 3.05) is 19.6 Å². The van der Waals surface area contributed by atoms with Crippen molar-refractivity contribution >= 4 is 17.2 Å². The third-order valence-electron chi connectivity index (χ3n) is 3.07. The van der Waals surface area contributed by atoms with E-state index in [-0.39, 0.29) is 5.92 Å². The summed E-state index contributed by atoms with van der Waals surface area (Å²) in [5.74, 6) is 0.275. The maximum absolute atomic E-state index is 5.64. The van der Waals surface area contributed by atoms with Crippen LogP contribution >= 0.6 is 12.2 Å². The van der Waals surface area contributed by atoms with Gasteiger partial charge in [-0.2, -0.15) is 5.10 Å². The number of likely N-dealkylation sites (N-methyl/N-ethyl adjacent to an activating group) is 1. The Morgan fingerprint density at radius 3 is 2.82 bits per heavy atom. The second kappa shape index (κ2) is 6.71. The molecule has 5 heteroatoms. The van der Waals surface area contributed by atoms with Crippen LogP contribution in [-0.4, -0.2) is 39.3 Å². The molecule has 2 N–H and O–H groups in total. The number of aryl methyl sites for hydroxylation is 1. The summed E-state index contributed by atoms with van der Waals surface area (Å²) >= 11 is 5.01. The van der Waals surface area contributed by atoms with Crippen molar-refractivity contribution in [1.82, 2.24) is 14.7 Å². The third-order valence-corrected chi connectivity index (χ3v) is 3.47. The van der Waals surface area contributed by atoms with E-state index >= 15 is 0 Å². The van der Waals surface area contributed by atoms with E-state index in [1.807, 2.05) is 17.9 Å². The maximum atomic E-state index is 5.64. The van der Waals surface area contributed by atoms with Gasteiger partial charge in [-0.05, 0) is 12.6 Å². The Bertz CT molecular complexity index is 361. The van der Waals surface area contributed by atoms with Gasteiger partial charge in [0.25, 0.3) is 0 Å². The highest BCUT2D eigenvalue weighted by atomic mass is 32.1. The Kier molecular flexibility index (Phi) is 5.58. The monoisotopic (exact) mass is 254 g/mol. The van der Waals surface area contributed by atoms with Gasteiger partial charge in [0.2, 0.25) is 0 Å². The predicted molar refractivity (Wildman–Crippen MR) is 75.0 cm³/mol. The van der Waals surface area contributed by atoms with Gasteiger partial charge in [0, 0.05) is 44.4 Å². The van der Waals surface area contributed by atoms with Crippen LogP contribution in [0, 0.1) is 5.92 Å². The summed E-state index contributed by atoms with van der Waals surface area (Å²) in [6, 6.07) is 2.06. The zero-order valence-electron chi connectivity index (χ0n) is 10.9. The Labute approximate surface area is 109 Å². The second-order valence-corrected chi connectivity index (χ2v) is 4.86. The Balaban J connectivity index is 2.42. The molecule has 0 bridgehead atoms. The van der Waals surface area contributed by atoms with E-state index in [4.69, 9.17) is 18.0 Å². The second-order valence-electron chi connectivity index (χ2n) is 4.39. The van der Waals surface area contributed by atoms with Crippen LogP contribution in [0.3, 0.4) is 0 Å². The predicted octanol–water partition coefficient (Wildman–Crippen LogP) is 1.21. The summed E-state index contributed by atoms with van der Waals surface area (Å²) in [5, 5.41) is 4.17. The van der Waals surface area contributed by atoms with E-state index in [1.54, 1.807) is 0 Å². The van der Waals surface area contributed by atoms with E-state index < -0.39 is 0 Å². The molecular formula is C12H22N4S. The Morgan fingerprint density at radius 2 is 2.35 bits per heavy atom. The molecular weight excluding hydrogens is 232 g/mol. The van der Waals surface area contributed by atoms with E-state index in [0.717, 1.165) is 26.1 Å². The van der Waals surface area contributed by atoms with E-state index in [9.17, 15) is 0 Å². The number of rotatable bonds is 7. The highest BCUT2D eigenvalue weighted by molar-refractivity contribution is 7.80. The molecule has 96 valence electrons. The highest BCUT2D eigenvalue weighted by Crippen LogP contribution is 2.04. The van der Waals surface area contributed by atoms with Crippen molar-refractivity contribution in [2.24, 2.45) is 18.7 Å². The fraction of sp³-hybridized carbons (Fsp3) is 0.667. The van der Waals surface area contributed by atoms with Crippen molar-refractivity contribution in [2.45, 2.75) is 20.3 Å². The van der Waals surface area contributed by atoms with Crippen LogP contribution in [0.1, 0.15) is 19.5 Å². The topological polar surface area (TPSA) is 47.1 Å². The quantitative estimate of drug-likeness (QED) is 0.743. The standard InChI is InChI=1S/C12H22N4S/c1-4-16(9-10(2)12(13)17)8-6-11-5-7-14-15(11)3/h5,7,10H,4,6,8-9H2,1-3H3,(H2,13,17). The molecule has 0 amide bonds. The Hall–Kier alpha value is -0.940. The van der Waals surface area contributed by atoms with Crippen molar-refractivity contribution in [3.8, 4) is 0 Å². The first-order valence-corrected chi connectivity index (χ1v) is 6.44. The molecule has 0 aliphatic rings. The van der Waals surface area contributed by atoms with Gasteiger partial charge in [-0.3, -0.25) is 4.68 Å². The molecule has 1 atom stereocenters. The molecule has 1 heterocycles. The molecule has 0 radical (unpaired) electrons. The van der Waals surface area contributed by atoms with Crippen LogP contribution in [0.15, 0.2) is 12.3 Å². The van der Waals surface area contributed by atoms with Crippen molar-refractivity contribution in [1.29, 1.82) is 0 Å². The number of nitrogens with zero attached hydrogens (tertiary/aromatic N) is 3. The molecule has 17 heavy (non-hydrogen) atoms. The third kappa shape index (κ3) is 4.44. The summed E-state index contributed by atoms with van der Waals surface area (Å²) in [4.78, 5) is 2.97. The van der Waals surface area contributed by atoms with Crippen molar-refractivity contribution < 1.29 is 0 Å². The summed E-state index contributed by atoms with van der Waals surface area (Å²) in [7, 11) is 1.98. The largest absolute Gasteiger partial charge is 0.393 e. The van der Waals surface area contributed by atoms with Crippen LogP contribution < -0.4 is 5.73 Å². The lowest BCUT2D eigenvalue weighted by Gasteiger charge is -2.23. The minimum atomic E-state index is 0.275. The van der Waals surface area contributed by atoms with Crippen LogP contribution in [-0.2, 0) is 13.5 Å². The number of hydrogen-bond acceptors (Lipinski definition) is 3. The average molecular weight is 254 g/mol. The average Bonchev–Trinajstić information content (AvgIpc) is 2.69. The lowest BCUT2D eigenvalue weighted by molar-refractivity contribution is 0.274. The van der Waals surface area contributed by atoms with Crippen molar-refractivity contribution in [3.63, 3.8) is 0 Å². The first-order chi connectivity index (χ1) is 8.04. The van der Waals surface area contributed by atoms with E-state index in [0.29, 0.717) is 4.99 Å². The normalized spacial score (nSPS) is 12.9. The molecule has 0 aromatic carbocycles. The highest BCUT2D eigenvalue weighted by Gasteiger charge is 2.11. The van der Waals surface area contributed by atoms with E-state index in [2.05, 4.69) is 29.9 Å². The zero-order valence-corrected chi connectivity index (χ0v) is 11.7. The molecule has 0 saturated carbocycles. The van der Waals surface area contributed by atoms with E-state index in [1.165, 1.54) is 5.69 Å². The van der Waals surface area contributed by atoms with Gasteiger partial charge in [0.1, 0.15) is 0 Å². The maximum Gasteiger partial charge on any atom is 0.0768 e. The van der Waals surface area contributed by atoms with Gasteiger partial charge < -0.3 is 10.6 Å². The summed E-state index contributed by atoms with van der Waals surface area (Å²) < 4.78 is 1.92. The molecule has 0 spiro atoms. The smallest absolute Gasteiger partial charge is 0.0768 e. The van der Waals surface area contributed by atoms with Gasteiger partial charge in [0.15, 0.2) is 0 Å². The Morgan fingerprint density at radius 1 is 1.65 bits per heavy atom. The molecule has 4 nitrogen and oxygen atoms in total. The van der Waals surface area contributed by atoms with Gasteiger partial charge in [-0.15, -0.1) is 0 Å². The number of thiocarbonyl (C=S) groups is 1. The van der Waals surface area contributed by atoms with Crippen molar-refractivity contribution in [3.05, 3.63) is 18.0 Å². The summed E-state index contributed by atoms with van der Waals surface area (Å²) in [5.41, 5.74) is 6.90. The number of aromatic nitrogens is 2. The van der Waals surface area contributed by atoms with Crippen LogP contribution in [0.4, 0.5) is 0 Å². The molecule has 0 aliphatic carbocycles. The minimum Gasteiger partial charge on any atom is -0.393 e. The fourth-order valence-corrected chi connectivity index (χ4v) is 1.85. The van der Waals surface area contributed by atoms with Crippen LogP contribution in [0.2, 0.25) is 0 Å². The summed E-state index contributed by atoms with van der Waals surface area (Å²) in [6.07, 6.45) is 2.84. The minimum absolute atomic E-state index is 0.275. The number of hydrogen-bond donors (Lipinski definition) is 1. The molecule has 0 aliphatic heterocycles. The summed E-state index contributed by atoms with van der Waals surface area (Å²) in [6.45, 7) is 7.21. The molecule has 1 aromatic rings. The molecule has 1 rings (SSSR count). The molecule has 1 aromatic heterocycles. The molecule has 0 saturated heterocycles. The first kappa shape index (κ1) is 14.1.